The molecule has 1 fully saturated rings. The molecule has 0 spiro atoms. The molecule has 1 aliphatic carbocycles. The third-order valence-electron chi connectivity index (χ3n) is 3.77. The molecule has 110 valence electrons. The van der Waals surface area contributed by atoms with Crippen molar-refractivity contribution >= 4 is 15.9 Å². The van der Waals surface area contributed by atoms with Crippen molar-refractivity contribution in [3.8, 4) is 11.5 Å². The number of ether oxygens (including phenoxy) is 1. The van der Waals surface area contributed by atoms with Crippen LogP contribution in [0.5, 0.6) is 11.5 Å². The van der Waals surface area contributed by atoms with Gasteiger partial charge >= 0.3 is 0 Å². The van der Waals surface area contributed by atoms with Crippen LogP contribution >= 0.6 is 15.9 Å². The van der Waals surface area contributed by atoms with Crippen LogP contribution in [-0.4, -0.2) is 6.04 Å². The van der Waals surface area contributed by atoms with E-state index in [1.807, 2.05) is 12.1 Å². The van der Waals surface area contributed by atoms with Crippen LogP contribution in [0, 0.1) is 13.8 Å². The molecule has 0 unspecified atom stereocenters. The smallest absolute Gasteiger partial charge is 0.131 e. The summed E-state index contributed by atoms with van der Waals surface area (Å²) >= 11 is 3.60. The Morgan fingerprint density at radius 2 is 1.81 bits per heavy atom. The van der Waals surface area contributed by atoms with E-state index in [0.717, 1.165) is 22.5 Å². The van der Waals surface area contributed by atoms with Gasteiger partial charge in [-0.2, -0.15) is 0 Å². The average Bonchev–Trinajstić information content (AvgIpc) is 3.28. The highest BCUT2D eigenvalue weighted by Gasteiger charge is 2.20. The second-order valence-corrected chi connectivity index (χ2v) is 6.53. The van der Waals surface area contributed by atoms with Crippen molar-refractivity contribution in [2.75, 3.05) is 0 Å². The van der Waals surface area contributed by atoms with Gasteiger partial charge < -0.3 is 10.1 Å². The standard InChI is InChI=1S/C18H20BrNO/c1-12-9-16(10-13(2)18(12)19)21-17-6-4-3-5-14(17)11-20-15-7-8-15/h3-6,9-10,15,20H,7-8,11H2,1-2H3. The number of nitrogens with one attached hydrogen (secondary N) is 1. The molecule has 1 aliphatic rings. The SMILES string of the molecule is Cc1cc(Oc2ccccc2CNC2CC2)cc(C)c1Br. The molecule has 0 saturated heterocycles. The van der Waals surface area contributed by atoms with Crippen LogP contribution in [0.4, 0.5) is 0 Å². The molecule has 0 heterocycles. The first-order valence-electron chi connectivity index (χ1n) is 7.39. The monoisotopic (exact) mass is 345 g/mol. The number of rotatable bonds is 5. The van der Waals surface area contributed by atoms with Crippen LogP contribution in [0.15, 0.2) is 40.9 Å². The van der Waals surface area contributed by atoms with Crippen molar-refractivity contribution in [3.05, 3.63) is 57.6 Å². The van der Waals surface area contributed by atoms with Gasteiger partial charge in [-0.25, -0.2) is 0 Å². The molecule has 0 bridgehead atoms. The van der Waals surface area contributed by atoms with Crippen molar-refractivity contribution in [1.82, 2.24) is 5.32 Å². The molecular weight excluding hydrogens is 326 g/mol. The van der Waals surface area contributed by atoms with Crippen LogP contribution in [-0.2, 0) is 6.54 Å². The zero-order chi connectivity index (χ0) is 14.8. The minimum absolute atomic E-state index is 0.704. The molecular formula is C18H20BrNO. The van der Waals surface area contributed by atoms with E-state index >= 15 is 0 Å². The van der Waals surface area contributed by atoms with Crippen molar-refractivity contribution in [2.24, 2.45) is 0 Å². The summed E-state index contributed by atoms with van der Waals surface area (Å²) in [4.78, 5) is 0. The zero-order valence-electron chi connectivity index (χ0n) is 12.4. The topological polar surface area (TPSA) is 21.3 Å². The van der Waals surface area contributed by atoms with E-state index in [9.17, 15) is 0 Å². The summed E-state index contributed by atoms with van der Waals surface area (Å²) in [6, 6.07) is 13.1. The van der Waals surface area contributed by atoms with Crippen molar-refractivity contribution in [2.45, 2.75) is 39.3 Å². The molecule has 2 aromatic carbocycles. The van der Waals surface area contributed by atoms with Gasteiger partial charge in [-0.05, 0) is 56.0 Å². The number of aryl methyl sites for hydroxylation is 2. The van der Waals surface area contributed by atoms with E-state index in [1.165, 1.54) is 29.5 Å². The highest BCUT2D eigenvalue weighted by Crippen LogP contribution is 2.31. The number of benzene rings is 2. The molecule has 0 aromatic heterocycles. The molecule has 1 N–H and O–H groups in total. The Bertz CT molecular complexity index is 626. The van der Waals surface area contributed by atoms with Crippen LogP contribution < -0.4 is 10.1 Å². The predicted octanol–water partition coefficient (Wildman–Crippen LogP) is 5.11. The van der Waals surface area contributed by atoms with E-state index in [-0.39, 0.29) is 0 Å². The Kier molecular flexibility index (Phi) is 4.32. The van der Waals surface area contributed by atoms with Crippen molar-refractivity contribution in [1.29, 1.82) is 0 Å². The third kappa shape index (κ3) is 3.66. The Hall–Kier alpha value is -1.32. The van der Waals surface area contributed by atoms with E-state index in [2.05, 4.69) is 59.4 Å². The van der Waals surface area contributed by atoms with E-state index < -0.39 is 0 Å². The fourth-order valence-electron chi connectivity index (χ4n) is 2.38. The van der Waals surface area contributed by atoms with Gasteiger partial charge in [0.2, 0.25) is 0 Å². The summed E-state index contributed by atoms with van der Waals surface area (Å²) in [5.74, 6) is 1.83. The number of halogens is 1. The quantitative estimate of drug-likeness (QED) is 0.812. The summed E-state index contributed by atoms with van der Waals surface area (Å²) < 4.78 is 7.27. The van der Waals surface area contributed by atoms with Gasteiger partial charge in [0.1, 0.15) is 11.5 Å². The van der Waals surface area contributed by atoms with Gasteiger partial charge in [0.15, 0.2) is 0 Å². The maximum absolute atomic E-state index is 6.12. The second-order valence-electron chi connectivity index (χ2n) is 5.74. The Morgan fingerprint density at radius 3 is 2.48 bits per heavy atom. The van der Waals surface area contributed by atoms with Crippen LogP contribution in [0.25, 0.3) is 0 Å². The lowest BCUT2D eigenvalue weighted by atomic mass is 10.1. The van der Waals surface area contributed by atoms with Crippen molar-refractivity contribution < 1.29 is 4.74 Å². The average molecular weight is 346 g/mol. The highest BCUT2D eigenvalue weighted by molar-refractivity contribution is 9.10. The van der Waals surface area contributed by atoms with Crippen LogP contribution in [0.1, 0.15) is 29.5 Å². The fourth-order valence-corrected chi connectivity index (χ4v) is 2.61. The fraction of sp³-hybridized carbons (Fsp3) is 0.333. The lowest BCUT2D eigenvalue weighted by Crippen LogP contribution is -2.15. The van der Waals surface area contributed by atoms with Gasteiger partial charge in [-0.1, -0.05) is 34.1 Å². The molecule has 0 amide bonds. The van der Waals surface area contributed by atoms with E-state index in [1.54, 1.807) is 0 Å². The first kappa shape index (κ1) is 14.6. The first-order chi connectivity index (χ1) is 10.1. The largest absolute Gasteiger partial charge is 0.457 e. The molecule has 0 aliphatic heterocycles. The van der Waals surface area contributed by atoms with E-state index in [0.29, 0.717) is 6.04 Å². The molecule has 0 atom stereocenters. The van der Waals surface area contributed by atoms with Crippen LogP contribution in [0.2, 0.25) is 0 Å². The third-order valence-corrected chi connectivity index (χ3v) is 5.02. The normalized spacial score (nSPS) is 14.2. The summed E-state index contributed by atoms with van der Waals surface area (Å²) in [5, 5.41) is 3.54. The molecule has 2 nitrogen and oxygen atoms in total. The molecule has 0 radical (unpaired) electrons. The summed E-state index contributed by atoms with van der Waals surface area (Å²) in [6.45, 7) is 5.05. The van der Waals surface area contributed by atoms with Gasteiger partial charge in [-0.3, -0.25) is 0 Å². The zero-order valence-corrected chi connectivity index (χ0v) is 14.0. The first-order valence-corrected chi connectivity index (χ1v) is 8.18. The Balaban J connectivity index is 1.80. The Morgan fingerprint density at radius 1 is 1.14 bits per heavy atom. The lowest BCUT2D eigenvalue weighted by Gasteiger charge is -2.13. The Labute approximate surface area is 134 Å². The number of para-hydroxylation sites is 1. The molecule has 3 heteroatoms. The molecule has 1 saturated carbocycles. The minimum atomic E-state index is 0.704. The molecule has 21 heavy (non-hydrogen) atoms. The highest BCUT2D eigenvalue weighted by atomic mass is 79.9. The maximum atomic E-state index is 6.12. The van der Waals surface area contributed by atoms with Gasteiger partial charge in [-0.15, -0.1) is 0 Å². The van der Waals surface area contributed by atoms with Crippen molar-refractivity contribution in [3.63, 3.8) is 0 Å². The summed E-state index contributed by atoms with van der Waals surface area (Å²) in [5.41, 5.74) is 3.60. The van der Waals surface area contributed by atoms with Gasteiger partial charge in [0.25, 0.3) is 0 Å². The van der Waals surface area contributed by atoms with E-state index in [4.69, 9.17) is 4.74 Å². The number of hydrogen-bond acceptors (Lipinski definition) is 2. The lowest BCUT2D eigenvalue weighted by molar-refractivity contribution is 0.471. The minimum Gasteiger partial charge on any atom is -0.457 e. The predicted molar refractivity (Wildman–Crippen MR) is 90.0 cm³/mol. The van der Waals surface area contributed by atoms with Crippen LogP contribution in [0.3, 0.4) is 0 Å². The summed E-state index contributed by atoms with van der Waals surface area (Å²) in [7, 11) is 0. The maximum Gasteiger partial charge on any atom is 0.131 e. The molecule has 2 aromatic rings. The number of hydrogen-bond donors (Lipinski definition) is 1. The second kappa shape index (κ2) is 6.20. The summed E-state index contributed by atoms with van der Waals surface area (Å²) in [6.07, 6.45) is 2.60. The molecule has 3 rings (SSSR count). The van der Waals surface area contributed by atoms with Gasteiger partial charge in [0.05, 0.1) is 0 Å². The van der Waals surface area contributed by atoms with Gasteiger partial charge in [0, 0.05) is 22.6 Å².